The summed E-state index contributed by atoms with van der Waals surface area (Å²) in [5.41, 5.74) is 1.95. The van der Waals surface area contributed by atoms with Crippen molar-refractivity contribution >= 4 is 17.6 Å². The lowest BCUT2D eigenvalue weighted by atomic mass is 9.71. The van der Waals surface area contributed by atoms with Crippen molar-refractivity contribution in [2.75, 3.05) is 25.6 Å². The van der Waals surface area contributed by atoms with Crippen molar-refractivity contribution in [1.82, 2.24) is 9.88 Å². The first-order valence-corrected chi connectivity index (χ1v) is 10.2. The third-order valence-electron chi connectivity index (χ3n) is 6.24. The molecule has 1 spiro atoms. The van der Waals surface area contributed by atoms with Crippen LogP contribution in [0.1, 0.15) is 53.1 Å². The van der Waals surface area contributed by atoms with Gasteiger partial charge in [0.15, 0.2) is 0 Å². The molecule has 152 valence electrons. The summed E-state index contributed by atoms with van der Waals surface area (Å²) in [6.07, 6.45) is 5.34. The average molecular weight is 393 g/mol. The first kappa shape index (κ1) is 19.6. The Balaban J connectivity index is 1.78. The summed E-state index contributed by atoms with van der Waals surface area (Å²) in [7, 11) is 1.64. The van der Waals surface area contributed by atoms with E-state index >= 15 is 0 Å². The fourth-order valence-electron chi connectivity index (χ4n) is 4.98. The first-order chi connectivity index (χ1) is 14.1. The Labute approximate surface area is 171 Å². The van der Waals surface area contributed by atoms with Crippen molar-refractivity contribution in [3.63, 3.8) is 0 Å². The SMILES string of the molecule is COCCN1C(=O)c2ccccc2[C@H](C(=O)Nc2cc(C)ccn2)C12CCCC2. The van der Waals surface area contributed by atoms with E-state index < -0.39 is 11.5 Å². The van der Waals surface area contributed by atoms with Crippen molar-refractivity contribution in [1.29, 1.82) is 0 Å². The van der Waals surface area contributed by atoms with Gasteiger partial charge >= 0.3 is 0 Å². The molecule has 1 aromatic heterocycles. The molecule has 1 aromatic carbocycles. The fraction of sp³-hybridized carbons (Fsp3) is 0.435. The number of aryl methyl sites for hydroxylation is 1. The molecule has 1 N–H and O–H groups in total. The monoisotopic (exact) mass is 393 g/mol. The number of pyridine rings is 1. The van der Waals surface area contributed by atoms with Crippen LogP contribution in [-0.2, 0) is 9.53 Å². The Morgan fingerprint density at radius 1 is 1.28 bits per heavy atom. The van der Waals surface area contributed by atoms with Crippen LogP contribution in [0.25, 0.3) is 0 Å². The number of rotatable bonds is 5. The summed E-state index contributed by atoms with van der Waals surface area (Å²) < 4.78 is 5.28. The van der Waals surface area contributed by atoms with Crippen LogP contribution >= 0.6 is 0 Å². The van der Waals surface area contributed by atoms with E-state index in [0.29, 0.717) is 24.5 Å². The highest BCUT2D eigenvalue weighted by Gasteiger charge is 2.55. The molecule has 0 saturated heterocycles. The maximum absolute atomic E-state index is 13.6. The van der Waals surface area contributed by atoms with E-state index in [4.69, 9.17) is 4.74 Å². The number of fused-ring (bicyclic) bond motifs is 1. The second-order valence-corrected chi connectivity index (χ2v) is 7.99. The summed E-state index contributed by atoms with van der Waals surface area (Å²) in [6.45, 7) is 2.90. The summed E-state index contributed by atoms with van der Waals surface area (Å²) in [4.78, 5) is 33.2. The minimum atomic E-state index is -0.516. The molecular weight excluding hydrogens is 366 g/mol. The van der Waals surface area contributed by atoms with Crippen molar-refractivity contribution < 1.29 is 14.3 Å². The Morgan fingerprint density at radius 2 is 2.03 bits per heavy atom. The predicted molar refractivity (Wildman–Crippen MR) is 111 cm³/mol. The maximum Gasteiger partial charge on any atom is 0.254 e. The molecule has 4 rings (SSSR count). The van der Waals surface area contributed by atoms with Crippen LogP contribution < -0.4 is 5.32 Å². The minimum Gasteiger partial charge on any atom is -0.383 e. The minimum absolute atomic E-state index is 0.00252. The summed E-state index contributed by atoms with van der Waals surface area (Å²) in [6, 6.07) is 11.3. The van der Waals surface area contributed by atoms with E-state index in [0.717, 1.165) is 36.8 Å². The standard InChI is InChI=1S/C23H27N3O3/c1-16-9-12-24-19(15-16)25-21(27)20-17-7-3-4-8-18(17)22(28)26(13-14-29-2)23(20)10-5-6-11-23/h3-4,7-9,12,15,20H,5-6,10-11,13-14H2,1-2H3,(H,24,25,27)/t20-/m1/s1. The number of carbonyl (C=O) groups is 2. The quantitative estimate of drug-likeness (QED) is 0.844. The molecule has 0 radical (unpaired) electrons. The number of benzene rings is 1. The van der Waals surface area contributed by atoms with Gasteiger partial charge < -0.3 is 15.0 Å². The highest BCUT2D eigenvalue weighted by molar-refractivity contribution is 6.05. The van der Waals surface area contributed by atoms with Gasteiger partial charge in [0, 0.05) is 25.4 Å². The second-order valence-electron chi connectivity index (χ2n) is 7.99. The summed E-state index contributed by atoms with van der Waals surface area (Å²) in [5, 5.41) is 3.02. The molecule has 0 bridgehead atoms. The number of nitrogens with one attached hydrogen (secondary N) is 1. The predicted octanol–water partition coefficient (Wildman–Crippen LogP) is 3.53. The van der Waals surface area contributed by atoms with Crippen LogP contribution in [0.2, 0.25) is 0 Å². The van der Waals surface area contributed by atoms with Crippen LogP contribution in [0.15, 0.2) is 42.6 Å². The number of ether oxygens (including phenoxy) is 1. The normalized spacial score (nSPS) is 20.0. The second kappa shape index (κ2) is 7.95. The van der Waals surface area contributed by atoms with Gasteiger partial charge in [-0.05, 0) is 49.1 Å². The van der Waals surface area contributed by atoms with E-state index in [1.807, 2.05) is 48.2 Å². The van der Waals surface area contributed by atoms with E-state index in [-0.39, 0.29) is 11.8 Å². The number of aromatic nitrogens is 1. The topological polar surface area (TPSA) is 71.5 Å². The van der Waals surface area contributed by atoms with Gasteiger partial charge in [0.25, 0.3) is 5.91 Å². The van der Waals surface area contributed by atoms with Crippen LogP contribution in [0.4, 0.5) is 5.82 Å². The smallest absolute Gasteiger partial charge is 0.254 e. The van der Waals surface area contributed by atoms with Crippen LogP contribution in [0, 0.1) is 6.92 Å². The van der Waals surface area contributed by atoms with Crippen LogP contribution in [-0.4, -0.2) is 47.5 Å². The Kier molecular flexibility index (Phi) is 5.37. The molecule has 1 fully saturated rings. The van der Waals surface area contributed by atoms with Crippen LogP contribution in [0.5, 0.6) is 0 Å². The molecule has 1 aliphatic carbocycles. The van der Waals surface area contributed by atoms with E-state index in [1.54, 1.807) is 13.3 Å². The highest BCUT2D eigenvalue weighted by atomic mass is 16.5. The summed E-state index contributed by atoms with van der Waals surface area (Å²) in [5.74, 6) is 0.00341. The average Bonchev–Trinajstić information content (AvgIpc) is 3.18. The lowest BCUT2D eigenvalue weighted by Gasteiger charge is -2.50. The van der Waals surface area contributed by atoms with Gasteiger partial charge in [-0.3, -0.25) is 9.59 Å². The number of hydrogen-bond donors (Lipinski definition) is 1. The molecule has 0 unspecified atom stereocenters. The molecule has 29 heavy (non-hydrogen) atoms. The number of methoxy groups -OCH3 is 1. The first-order valence-electron chi connectivity index (χ1n) is 10.2. The van der Waals surface area contributed by atoms with Gasteiger partial charge in [-0.25, -0.2) is 4.98 Å². The van der Waals surface area contributed by atoms with E-state index in [2.05, 4.69) is 10.3 Å². The molecule has 1 aliphatic heterocycles. The zero-order valence-corrected chi connectivity index (χ0v) is 17.0. The number of nitrogens with zero attached hydrogens (tertiary/aromatic N) is 2. The molecule has 6 heteroatoms. The third kappa shape index (κ3) is 3.42. The van der Waals surface area contributed by atoms with E-state index in [1.165, 1.54) is 0 Å². The fourth-order valence-corrected chi connectivity index (χ4v) is 4.98. The Morgan fingerprint density at radius 3 is 2.76 bits per heavy atom. The molecule has 2 aromatic rings. The van der Waals surface area contributed by atoms with Gasteiger partial charge in [0.05, 0.1) is 18.1 Å². The van der Waals surface area contributed by atoms with Crippen molar-refractivity contribution in [2.45, 2.75) is 44.1 Å². The zero-order chi connectivity index (χ0) is 20.4. The molecule has 6 nitrogen and oxygen atoms in total. The molecular formula is C23H27N3O3. The Hall–Kier alpha value is -2.73. The number of anilines is 1. The lowest BCUT2D eigenvalue weighted by molar-refractivity contribution is -0.121. The highest BCUT2D eigenvalue weighted by Crippen LogP contribution is 2.50. The van der Waals surface area contributed by atoms with Crippen molar-refractivity contribution in [2.24, 2.45) is 0 Å². The van der Waals surface area contributed by atoms with E-state index in [9.17, 15) is 9.59 Å². The van der Waals surface area contributed by atoms with Crippen molar-refractivity contribution in [3.8, 4) is 0 Å². The zero-order valence-electron chi connectivity index (χ0n) is 17.0. The van der Waals surface area contributed by atoms with Gasteiger partial charge in [-0.1, -0.05) is 31.0 Å². The van der Waals surface area contributed by atoms with Gasteiger partial charge in [0.1, 0.15) is 5.82 Å². The number of hydrogen-bond acceptors (Lipinski definition) is 4. The maximum atomic E-state index is 13.6. The molecule has 1 saturated carbocycles. The molecule has 2 aliphatic rings. The largest absolute Gasteiger partial charge is 0.383 e. The van der Waals surface area contributed by atoms with Crippen molar-refractivity contribution in [3.05, 3.63) is 59.3 Å². The molecule has 2 amide bonds. The Bertz CT molecular complexity index is 921. The van der Waals surface area contributed by atoms with Gasteiger partial charge in [0.2, 0.25) is 5.91 Å². The molecule has 1 atom stereocenters. The molecule has 2 heterocycles. The lowest BCUT2D eigenvalue weighted by Crippen LogP contribution is -2.60. The number of carbonyl (C=O) groups excluding carboxylic acids is 2. The van der Waals surface area contributed by atoms with Crippen LogP contribution in [0.3, 0.4) is 0 Å². The number of amides is 2. The van der Waals surface area contributed by atoms with Gasteiger partial charge in [-0.15, -0.1) is 0 Å². The third-order valence-corrected chi connectivity index (χ3v) is 6.24. The van der Waals surface area contributed by atoms with Gasteiger partial charge in [-0.2, -0.15) is 0 Å². The summed E-state index contributed by atoms with van der Waals surface area (Å²) >= 11 is 0.